The Hall–Kier alpha value is -1.62. The van der Waals surface area contributed by atoms with Gasteiger partial charge in [0.2, 0.25) is 0 Å². The van der Waals surface area contributed by atoms with E-state index >= 15 is 0 Å². The van der Waals surface area contributed by atoms with Crippen molar-refractivity contribution in [1.29, 1.82) is 0 Å². The molecule has 1 fully saturated rings. The molecule has 1 aliphatic rings. The van der Waals surface area contributed by atoms with E-state index in [1.54, 1.807) is 18.0 Å². The molecular weight excluding hydrogens is 326 g/mol. The smallest absolute Gasteiger partial charge is 0.410 e. The minimum absolute atomic E-state index is 0.261. The number of para-hydroxylation sites is 1. The number of hydrogen-bond acceptors (Lipinski definition) is 4. The summed E-state index contributed by atoms with van der Waals surface area (Å²) in [6.07, 6.45) is 2.88. The maximum atomic E-state index is 11.9. The number of rotatable bonds is 5. The van der Waals surface area contributed by atoms with E-state index in [9.17, 15) is 4.79 Å². The predicted octanol–water partition coefficient (Wildman–Crippen LogP) is 4.37. The third kappa shape index (κ3) is 5.20. The van der Waals surface area contributed by atoms with Gasteiger partial charge in [-0.15, -0.1) is 0 Å². The molecular formula is C18H28ClN3O2. The summed E-state index contributed by atoms with van der Waals surface area (Å²) in [5.74, 6) is 0.618. The van der Waals surface area contributed by atoms with Gasteiger partial charge < -0.3 is 20.7 Å². The van der Waals surface area contributed by atoms with Crippen molar-refractivity contribution >= 4 is 29.1 Å². The number of benzene rings is 1. The molecule has 0 unspecified atom stereocenters. The quantitative estimate of drug-likeness (QED) is 0.771. The van der Waals surface area contributed by atoms with Gasteiger partial charge in [-0.2, -0.15) is 0 Å². The van der Waals surface area contributed by atoms with Crippen LogP contribution in [0.3, 0.4) is 0 Å². The number of hydrogen-bond donors (Lipinski definition) is 2. The minimum Gasteiger partial charge on any atom is -0.444 e. The van der Waals surface area contributed by atoms with Crippen molar-refractivity contribution in [3.05, 3.63) is 23.2 Å². The molecule has 5 nitrogen and oxygen atoms in total. The molecule has 1 saturated carbocycles. The highest BCUT2D eigenvalue weighted by Crippen LogP contribution is 2.35. The molecule has 1 aliphatic carbocycles. The van der Waals surface area contributed by atoms with Crippen LogP contribution in [-0.4, -0.2) is 36.2 Å². The Morgan fingerprint density at radius 1 is 1.42 bits per heavy atom. The van der Waals surface area contributed by atoms with Crippen LogP contribution in [0.4, 0.5) is 16.2 Å². The molecule has 0 spiro atoms. The number of nitrogen functional groups attached to an aromatic ring is 1. The maximum absolute atomic E-state index is 11.9. The van der Waals surface area contributed by atoms with Crippen LogP contribution in [-0.2, 0) is 4.74 Å². The summed E-state index contributed by atoms with van der Waals surface area (Å²) in [5.41, 5.74) is 7.03. The lowest BCUT2D eigenvalue weighted by molar-refractivity contribution is 0.0283. The van der Waals surface area contributed by atoms with Gasteiger partial charge in [-0.25, -0.2) is 4.79 Å². The first kappa shape index (κ1) is 18.7. The normalized spacial score (nSPS) is 20.2. The summed E-state index contributed by atoms with van der Waals surface area (Å²) >= 11 is 6.03. The summed E-state index contributed by atoms with van der Waals surface area (Å²) < 4.78 is 5.36. The van der Waals surface area contributed by atoms with E-state index in [4.69, 9.17) is 22.1 Å². The number of anilines is 2. The van der Waals surface area contributed by atoms with Crippen LogP contribution in [0.25, 0.3) is 0 Å². The number of carbonyl (C=O) groups excluding carboxylic acids is 1. The monoisotopic (exact) mass is 353 g/mol. The van der Waals surface area contributed by atoms with E-state index in [1.165, 1.54) is 0 Å². The van der Waals surface area contributed by atoms with E-state index in [1.807, 2.05) is 32.9 Å². The van der Waals surface area contributed by atoms with Crippen LogP contribution in [0, 0.1) is 5.92 Å². The molecule has 1 amide bonds. The summed E-state index contributed by atoms with van der Waals surface area (Å²) in [6.45, 7) is 6.35. The molecule has 3 N–H and O–H groups in total. The summed E-state index contributed by atoms with van der Waals surface area (Å²) in [5, 5.41) is 4.02. The van der Waals surface area contributed by atoms with Gasteiger partial charge in [0.15, 0.2) is 0 Å². The van der Waals surface area contributed by atoms with Crippen molar-refractivity contribution in [3.8, 4) is 0 Å². The van der Waals surface area contributed by atoms with E-state index in [0.717, 1.165) is 24.9 Å². The highest BCUT2D eigenvalue weighted by Gasteiger charge is 2.30. The fourth-order valence-corrected chi connectivity index (χ4v) is 2.95. The fourth-order valence-electron chi connectivity index (χ4n) is 2.78. The Kier molecular flexibility index (Phi) is 5.86. The average molecular weight is 354 g/mol. The zero-order chi connectivity index (χ0) is 17.9. The van der Waals surface area contributed by atoms with Gasteiger partial charge in [0.1, 0.15) is 5.60 Å². The molecule has 24 heavy (non-hydrogen) atoms. The van der Waals surface area contributed by atoms with Crippen LogP contribution >= 0.6 is 11.6 Å². The van der Waals surface area contributed by atoms with E-state index in [0.29, 0.717) is 29.2 Å². The Bertz CT molecular complexity index is 580. The molecule has 1 aromatic rings. The van der Waals surface area contributed by atoms with Crippen LogP contribution < -0.4 is 11.1 Å². The number of ether oxygens (including phenoxy) is 1. The lowest BCUT2D eigenvalue weighted by atomic mass is 9.78. The number of carbonyl (C=O) groups is 1. The number of halogens is 1. The van der Waals surface area contributed by atoms with Crippen molar-refractivity contribution in [2.75, 3.05) is 24.6 Å². The van der Waals surface area contributed by atoms with Crippen molar-refractivity contribution in [2.24, 2.45) is 5.92 Å². The first-order chi connectivity index (χ1) is 11.2. The zero-order valence-electron chi connectivity index (χ0n) is 14.9. The minimum atomic E-state index is -0.451. The largest absolute Gasteiger partial charge is 0.444 e. The highest BCUT2D eigenvalue weighted by molar-refractivity contribution is 6.33. The second-order valence-corrected chi connectivity index (χ2v) is 7.98. The predicted molar refractivity (Wildman–Crippen MR) is 99.5 cm³/mol. The maximum Gasteiger partial charge on any atom is 0.410 e. The van der Waals surface area contributed by atoms with Gasteiger partial charge in [-0.3, -0.25) is 0 Å². The first-order valence-electron chi connectivity index (χ1n) is 8.40. The number of amides is 1. The topological polar surface area (TPSA) is 67.6 Å². The molecule has 0 radical (unpaired) electrons. The Balaban J connectivity index is 1.70. The molecule has 6 heteroatoms. The van der Waals surface area contributed by atoms with Gasteiger partial charge in [0.05, 0.1) is 16.4 Å². The molecule has 0 saturated heterocycles. The third-order valence-electron chi connectivity index (χ3n) is 4.23. The number of nitrogens with zero attached hydrogens (tertiary/aromatic N) is 1. The molecule has 0 heterocycles. The second kappa shape index (κ2) is 7.51. The molecule has 1 aromatic carbocycles. The summed E-state index contributed by atoms with van der Waals surface area (Å²) in [7, 11) is 1.79. The van der Waals surface area contributed by atoms with Crippen LogP contribution in [0.2, 0.25) is 5.02 Å². The lowest BCUT2D eigenvalue weighted by Gasteiger charge is -2.37. The Morgan fingerprint density at radius 3 is 2.71 bits per heavy atom. The van der Waals surface area contributed by atoms with Gasteiger partial charge in [-0.05, 0) is 58.1 Å². The SMILES string of the molecule is CN(CCC1CC(Nc2cccc(Cl)c2N)C1)C(=O)OC(C)(C)C. The van der Waals surface area contributed by atoms with Gasteiger partial charge in [0.25, 0.3) is 0 Å². The Morgan fingerprint density at radius 2 is 2.08 bits per heavy atom. The first-order valence-corrected chi connectivity index (χ1v) is 8.78. The fraction of sp³-hybridized carbons (Fsp3) is 0.611. The summed E-state index contributed by atoms with van der Waals surface area (Å²) in [6, 6.07) is 6.05. The third-order valence-corrected chi connectivity index (χ3v) is 4.56. The van der Waals surface area contributed by atoms with Crippen molar-refractivity contribution in [1.82, 2.24) is 4.90 Å². The molecule has 0 aromatic heterocycles. The highest BCUT2D eigenvalue weighted by atomic mass is 35.5. The van der Waals surface area contributed by atoms with E-state index in [2.05, 4.69) is 5.32 Å². The lowest BCUT2D eigenvalue weighted by Crippen LogP contribution is -2.39. The zero-order valence-corrected chi connectivity index (χ0v) is 15.7. The van der Waals surface area contributed by atoms with Crippen LogP contribution in [0.15, 0.2) is 18.2 Å². The molecule has 0 aliphatic heterocycles. The van der Waals surface area contributed by atoms with Crippen molar-refractivity contribution < 1.29 is 9.53 Å². The Labute approximate surface area is 149 Å². The molecule has 0 bridgehead atoms. The summed E-state index contributed by atoms with van der Waals surface area (Å²) in [4.78, 5) is 13.6. The average Bonchev–Trinajstić information content (AvgIpc) is 2.43. The number of nitrogens with one attached hydrogen (secondary N) is 1. The number of nitrogens with two attached hydrogens (primary N) is 1. The molecule has 0 atom stereocenters. The van der Waals surface area contributed by atoms with Crippen LogP contribution in [0.5, 0.6) is 0 Å². The van der Waals surface area contributed by atoms with Gasteiger partial charge in [0, 0.05) is 19.6 Å². The van der Waals surface area contributed by atoms with Crippen molar-refractivity contribution in [2.45, 2.75) is 51.7 Å². The van der Waals surface area contributed by atoms with Gasteiger partial charge >= 0.3 is 6.09 Å². The molecule has 134 valence electrons. The van der Waals surface area contributed by atoms with Crippen molar-refractivity contribution in [3.63, 3.8) is 0 Å². The molecule has 2 rings (SSSR count). The van der Waals surface area contributed by atoms with E-state index in [-0.39, 0.29) is 6.09 Å². The standard InChI is InChI=1S/C18H28ClN3O2/c1-18(2,3)24-17(23)22(4)9-8-12-10-13(11-12)21-15-7-5-6-14(19)16(15)20/h5-7,12-13,21H,8-11,20H2,1-4H3. The van der Waals surface area contributed by atoms with E-state index < -0.39 is 5.60 Å². The van der Waals surface area contributed by atoms with Gasteiger partial charge in [-0.1, -0.05) is 17.7 Å². The second-order valence-electron chi connectivity index (χ2n) is 7.57. The van der Waals surface area contributed by atoms with Crippen LogP contribution in [0.1, 0.15) is 40.0 Å².